The number of halogens is 1. The molecule has 1 aliphatic heterocycles. The Bertz CT molecular complexity index is 1890. The SMILES string of the molecule is C=C[C@@H]1C[C@@]1(C(=O)NS(=O)(=O)C1CC1)[N+](=[N-])C(=O)[C@@H]1C[C@@H](Oc2ncc(OC)c3ccc(Cl)cc23)CN1C(O)[C@@H](NC(=O)OC(C)(C)C)C(C)(C)C. The van der Waals surface area contributed by atoms with Crippen LogP contribution in [0.4, 0.5) is 4.79 Å². The molecule has 0 spiro atoms. The number of rotatable bonds is 12. The summed E-state index contributed by atoms with van der Waals surface area (Å²) in [5.41, 5.74) is 7.98. The zero-order valence-corrected chi connectivity index (χ0v) is 32.0. The van der Waals surface area contributed by atoms with Crippen LogP contribution in [-0.4, -0.2) is 100 Å². The molecule has 1 saturated heterocycles. The first kappa shape index (κ1) is 39.3. The van der Waals surface area contributed by atoms with Crippen molar-refractivity contribution in [2.75, 3.05) is 13.7 Å². The molecule has 0 radical (unpaired) electrons. The molecule has 1 unspecified atom stereocenters. The number of sulfonamides is 1. The van der Waals surface area contributed by atoms with E-state index in [2.05, 4.69) is 16.9 Å². The molecule has 15 nitrogen and oxygen atoms in total. The van der Waals surface area contributed by atoms with Crippen molar-refractivity contribution < 1.29 is 46.8 Å². The van der Waals surface area contributed by atoms with Crippen LogP contribution in [0.25, 0.3) is 16.3 Å². The summed E-state index contributed by atoms with van der Waals surface area (Å²) < 4.78 is 45.0. The van der Waals surface area contributed by atoms with Crippen molar-refractivity contribution in [2.24, 2.45) is 11.3 Å². The molecule has 5 rings (SSSR count). The highest BCUT2D eigenvalue weighted by atomic mass is 35.5. The molecule has 1 aromatic carbocycles. The second-order valence-electron chi connectivity index (χ2n) is 15.7. The van der Waals surface area contributed by atoms with Crippen LogP contribution in [0.5, 0.6) is 11.6 Å². The highest BCUT2D eigenvalue weighted by Crippen LogP contribution is 2.49. The number of carbonyl (C=O) groups excluding carboxylic acids is 3. The predicted molar refractivity (Wildman–Crippen MR) is 191 cm³/mol. The number of amides is 3. The third-order valence-electron chi connectivity index (χ3n) is 9.55. The summed E-state index contributed by atoms with van der Waals surface area (Å²) in [6.07, 6.45) is 0.298. The van der Waals surface area contributed by atoms with Crippen molar-refractivity contribution in [3.63, 3.8) is 0 Å². The van der Waals surface area contributed by atoms with E-state index in [4.69, 9.17) is 25.8 Å². The van der Waals surface area contributed by atoms with Crippen LogP contribution >= 0.6 is 11.6 Å². The van der Waals surface area contributed by atoms with E-state index in [-0.39, 0.29) is 30.0 Å². The largest absolute Gasteiger partial charge is 0.496 e. The number of aliphatic hydroxyl groups is 1. The molecular weight excluding hydrogens is 716 g/mol. The number of hydrogen-bond donors (Lipinski definition) is 3. The zero-order chi connectivity index (χ0) is 38.6. The molecular formula is C35H47ClN6O9S. The maximum atomic E-state index is 14.4. The normalized spacial score (nSPS) is 24.8. The lowest BCUT2D eigenvalue weighted by Gasteiger charge is -2.40. The molecule has 3 aliphatic rings. The lowest BCUT2D eigenvalue weighted by molar-refractivity contribution is -0.514. The van der Waals surface area contributed by atoms with Gasteiger partial charge in [-0.1, -0.05) is 38.4 Å². The Morgan fingerprint density at radius 2 is 1.87 bits per heavy atom. The van der Waals surface area contributed by atoms with Crippen molar-refractivity contribution in [1.82, 2.24) is 19.9 Å². The molecule has 52 heavy (non-hydrogen) atoms. The Morgan fingerprint density at radius 1 is 1.19 bits per heavy atom. The van der Waals surface area contributed by atoms with E-state index in [1.54, 1.807) is 59.7 Å². The molecule has 284 valence electrons. The van der Waals surface area contributed by atoms with E-state index >= 15 is 0 Å². The molecule has 2 saturated carbocycles. The van der Waals surface area contributed by atoms with Crippen molar-refractivity contribution in [3.05, 3.63) is 47.6 Å². The van der Waals surface area contributed by atoms with Crippen LogP contribution in [-0.2, 0) is 24.3 Å². The standard InChI is InChI=1S/C35H47ClN6O9S/c1-9-19-16-35(19,31(45)40-52(47,48)22-11-12-22)42(37)29(43)25-15-21(50-28-24-14-20(36)10-13-23(24)26(49-8)17-38-28)18-41(25)30(44)27(33(2,3)4)39-32(46)51-34(5,6)7/h9-10,13-14,17,19,21-22,25,27,30,44H,1,11-12,15-16,18H2,2-8H3,(H,39,46)(H,40,45)/t19-,21-,25+,27-,30?,35-/m1/s1. The van der Waals surface area contributed by atoms with E-state index in [1.165, 1.54) is 24.3 Å². The highest BCUT2D eigenvalue weighted by molar-refractivity contribution is 7.91. The van der Waals surface area contributed by atoms with Gasteiger partial charge in [0.25, 0.3) is 0 Å². The van der Waals surface area contributed by atoms with E-state index in [9.17, 15) is 33.4 Å². The van der Waals surface area contributed by atoms with Gasteiger partial charge < -0.3 is 30.2 Å². The molecule has 3 amide bonds. The van der Waals surface area contributed by atoms with Gasteiger partial charge in [-0.3, -0.25) is 9.69 Å². The summed E-state index contributed by atoms with van der Waals surface area (Å²) in [5, 5.41) is 15.6. The Hall–Kier alpha value is -3.86. The molecule has 3 N–H and O–H groups in total. The minimum atomic E-state index is -4.02. The molecule has 3 fully saturated rings. The number of aliphatic hydroxyl groups excluding tert-OH is 1. The van der Waals surface area contributed by atoms with Gasteiger partial charge in [0.05, 0.1) is 30.5 Å². The summed E-state index contributed by atoms with van der Waals surface area (Å²) in [4.78, 5) is 46.7. The monoisotopic (exact) mass is 762 g/mol. The van der Waals surface area contributed by atoms with Gasteiger partial charge in [-0.25, -0.2) is 32.4 Å². The average Bonchev–Trinajstić information content (AvgIpc) is 3.97. The van der Waals surface area contributed by atoms with E-state index in [0.717, 1.165) is 0 Å². The van der Waals surface area contributed by atoms with Crippen LogP contribution in [0, 0.1) is 11.3 Å². The minimum absolute atomic E-state index is 0.0761. The first-order valence-corrected chi connectivity index (χ1v) is 19.0. The van der Waals surface area contributed by atoms with E-state index in [1.807, 2.05) is 4.72 Å². The number of methoxy groups -OCH3 is 1. The van der Waals surface area contributed by atoms with Crippen LogP contribution < -0.4 is 19.5 Å². The fraction of sp³-hybridized carbons (Fsp3) is 0.600. The van der Waals surface area contributed by atoms with Gasteiger partial charge in [0.15, 0.2) is 0 Å². The molecule has 2 heterocycles. The first-order chi connectivity index (χ1) is 24.1. The fourth-order valence-corrected chi connectivity index (χ4v) is 8.09. The van der Waals surface area contributed by atoms with Crippen LogP contribution in [0.3, 0.4) is 0 Å². The van der Waals surface area contributed by atoms with Crippen molar-refractivity contribution in [2.45, 2.75) is 108 Å². The number of likely N-dealkylation sites (tertiary alicyclic amines) is 1. The summed E-state index contributed by atoms with van der Waals surface area (Å²) >= 11 is 6.32. The third kappa shape index (κ3) is 8.04. The third-order valence-corrected chi connectivity index (χ3v) is 11.6. The number of carbonyl (C=O) groups is 3. The molecule has 0 bridgehead atoms. The summed E-state index contributed by atoms with van der Waals surface area (Å²) in [5.74, 6) is -2.16. The number of fused-ring (bicyclic) bond motifs is 1. The Kier molecular flexibility index (Phi) is 10.7. The minimum Gasteiger partial charge on any atom is -0.496 e. The molecule has 2 aromatic rings. The quantitative estimate of drug-likeness (QED) is 0.160. The first-order valence-electron chi connectivity index (χ1n) is 17.1. The summed E-state index contributed by atoms with van der Waals surface area (Å²) in [7, 11) is -2.52. The number of nitrogens with zero attached hydrogens (tertiary/aromatic N) is 4. The Balaban J connectivity index is 1.50. The number of ether oxygens (including phenoxy) is 3. The van der Waals surface area contributed by atoms with Crippen molar-refractivity contribution in [3.8, 4) is 11.6 Å². The van der Waals surface area contributed by atoms with Crippen LogP contribution in [0.2, 0.25) is 5.02 Å². The highest BCUT2D eigenvalue weighted by Gasteiger charge is 2.70. The Labute approximate surface area is 308 Å². The molecule has 2 aliphatic carbocycles. The number of alkyl carbamates (subject to hydrolysis) is 1. The lowest BCUT2D eigenvalue weighted by atomic mass is 9.85. The van der Waals surface area contributed by atoms with Crippen molar-refractivity contribution >= 4 is 50.3 Å². The number of nitrogens with one attached hydrogen (secondary N) is 2. The van der Waals surface area contributed by atoms with Gasteiger partial charge in [0.2, 0.25) is 21.4 Å². The smallest absolute Gasteiger partial charge is 0.408 e. The maximum Gasteiger partial charge on any atom is 0.408 e. The number of benzene rings is 1. The van der Waals surface area contributed by atoms with E-state index in [0.29, 0.717) is 34.4 Å². The number of aromatic nitrogens is 1. The van der Waals surface area contributed by atoms with Crippen molar-refractivity contribution in [1.29, 1.82) is 0 Å². The maximum absolute atomic E-state index is 14.4. The average molecular weight is 763 g/mol. The predicted octanol–water partition coefficient (Wildman–Crippen LogP) is 4.09. The zero-order valence-electron chi connectivity index (χ0n) is 30.4. The van der Waals surface area contributed by atoms with Crippen LogP contribution in [0.15, 0.2) is 37.1 Å². The van der Waals surface area contributed by atoms with Gasteiger partial charge in [-0.05, 0) is 57.2 Å². The van der Waals surface area contributed by atoms with Gasteiger partial charge in [-0.2, -0.15) is 0 Å². The molecule has 1 aromatic heterocycles. The number of pyridine rings is 1. The Morgan fingerprint density at radius 3 is 2.42 bits per heavy atom. The topological polar surface area (TPSA) is 199 Å². The second-order valence-corrected chi connectivity index (χ2v) is 18.1. The summed E-state index contributed by atoms with van der Waals surface area (Å²) in [6.45, 7) is 14.1. The lowest BCUT2D eigenvalue weighted by Crippen LogP contribution is -2.61. The van der Waals surface area contributed by atoms with E-state index < -0.39 is 80.1 Å². The number of hydrogen-bond acceptors (Lipinski definition) is 11. The van der Waals surface area contributed by atoms with Gasteiger partial charge in [0.1, 0.15) is 29.7 Å². The van der Waals surface area contributed by atoms with Crippen LogP contribution in [0.1, 0.15) is 67.2 Å². The van der Waals surface area contributed by atoms with Gasteiger partial charge >= 0.3 is 17.9 Å². The second kappa shape index (κ2) is 14.2. The fourth-order valence-electron chi connectivity index (χ4n) is 6.56. The molecule has 6 atom stereocenters. The van der Waals surface area contributed by atoms with Gasteiger partial charge in [0, 0.05) is 35.2 Å². The summed E-state index contributed by atoms with van der Waals surface area (Å²) in [6, 6.07) is 2.75. The molecule has 17 heteroatoms. The van der Waals surface area contributed by atoms with Gasteiger partial charge in [-0.15, -0.1) is 6.58 Å².